The van der Waals surface area contributed by atoms with Crippen LogP contribution in [0.2, 0.25) is 0 Å². The molecule has 1 saturated heterocycles. The molecule has 1 unspecified atom stereocenters. The molecule has 1 atom stereocenters. The monoisotopic (exact) mass is 318 g/mol. The maximum Gasteiger partial charge on any atom is 0.154 e. The molecule has 0 aliphatic carbocycles. The Morgan fingerprint density at radius 2 is 2.35 bits per heavy atom. The second-order valence-corrected chi connectivity index (χ2v) is 7.65. The number of halogens is 1. The van der Waals surface area contributed by atoms with E-state index >= 15 is 0 Å². The fourth-order valence-corrected chi connectivity index (χ4v) is 4.23. The van der Waals surface area contributed by atoms with Crippen LogP contribution in [0.1, 0.15) is 18.4 Å². The predicted octanol–water partition coefficient (Wildman–Crippen LogP) is 2.14. The number of anilines is 1. The molecule has 0 amide bonds. The van der Waals surface area contributed by atoms with Gasteiger partial charge in [0.15, 0.2) is 9.84 Å². The van der Waals surface area contributed by atoms with Gasteiger partial charge in [-0.3, -0.25) is 0 Å². The zero-order valence-electron chi connectivity index (χ0n) is 9.61. The van der Waals surface area contributed by atoms with Gasteiger partial charge in [0.2, 0.25) is 0 Å². The molecule has 2 heterocycles. The molecule has 6 heteroatoms. The summed E-state index contributed by atoms with van der Waals surface area (Å²) in [5.41, 5.74) is 1.01. The lowest BCUT2D eigenvalue weighted by Gasteiger charge is -2.12. The maximum absolute atomic E-state index is 11.7. The predicted molar refractivity (Wildman–Crippen MR) is 72.0 cm³/mol. The Labute approximate surface area is 110 Å². The summed E-state index contributed by atoms with van der Waals surface area (Å²) in [4.78, 5) is 4.23. The minimum absolute atomic E-state index is 0.257. The number of nitrogens with zero attached hydrogens (tertiary/aromatic N) is 1. The lowest BCUT2D eigenvalue weighted by atomic mass is 10.2. The second kappa shape index (κ2) is 4.94. The molecule has 17 heavy (non-hydrogen) atoms. The summed E-state index contributed by atoms with van der Waals surface area (Å²) >= 11 is 3.35. The number of sulfone groups is 1. The van der Waals surface area contributed by atoms with Gasteiger partial charge in [0.05, 0.1) is 11.0 Å². The van der Waals surface area contributed by atoms with Gasteiger partial charge in [-0.1, -0.05) is 0 Å². The third-order valence-electron chi connectivity index (χ3n) is 3.00. The summed E-state index contributed by atoms with van der Waals surface area (Å²) in [6, 6.07) is 1.96. The number of rotatable bonds is 3. The molecule has 1 aliphatic heterocycles. The Morgan fingerprint density at radius 1 is 1.59 bits per heavy atom. The molecule has 4 nitrogen and oxygen atoms in total. The van der Waals surface area contributed by atoms with E-state index in [0.29, 0.717) is 12.3 Å². The van der Waals surface area contributed by atoms with Crippen LogP contribution in [0.4, 0.5) is 5.82 Å². The second-order valence-electron chi connectivity index (χ2n) is 4.33. The molecule has 0 spiro atoms. The van der Waals surface area contributed by atoms with Crippen molar-refractivity contribution in [2.45, 2.75) is 25.0 Å². The zero-order chi connectivity index (χ0) is 12.5. The minimum Gasteiger partial charge on any atom is -0.369 e. The first-order valence-electron chi connectivity index (χ1n) is 5.56. The quantitative estimate of drug-likeness (QED) is 0.927. The Kier molecular flexibility index (Phi) is 3.73. The molecule has 1 aromatic heterocycles. The van der Waals surface area contributed by atoms with Crippen LogP contribution in [0.5, 0.6) is 0 Å². The van der Waals surface area contributed by atoms with Crippen LogP contribution in [0, 0.1) is 6.92 Å². The Morgan fingerprint density at radius 3 is 2.94 bits per heavy atom. The Bertz CT molecular complexity index is 516. The van der Waals surface area contributed by atoms with Gasteiger partial charge in [-0.05, 0) is 47.3 Å². The molecule has 0 saturated carbocycles. The Balaban J connectivity index is 2.03. The van der Waals surface area contributed by atoms with E-state index in [4.69, 9.17) is 0 Å². The zero-order valence-corrected chi connectivity index (χ0v) is 12.0. The third kappa shape index (κ3) is 2.98. The van der Waals surface area contributed by atoms with Gasteiger partial charge in [-0.25, -0.2) is 13.4 Å². The van der Waals surface area contributed by atoms with E-state index in [-0.39, 0.29) is 5.25 Å². The van der Waals surface area contributed by atoms with E-state index in [1.165, 1.54) is 0 Å². The van der Waals surface area contributed by atoms with Gasteiger partial charge >= 0.3 is 0 Å². The van der Waals surface area contributed by atoms with E-state index < -0.39 is 9.84 Å². The molecule has 0 radical (unpaired) electrons. The number of pyridine rings is 1. The van der Waals surface area contributed by atoms with Crippen LogP contribution in [-0.4, -0.2) is 30.9 Å². The number of nitrogens with one attached hydrogen (secondary N) is 1. The van der Waals surface area contributed by atoms with Crippen molar-refractivity contribution in [1.82, 2.24) is 4.98 Å². The van der Waals surface area contributed by atoms with Crippen molar-refractivity contribution in [1.29, 1.82) is 0 Å². The van der Waals surface area contributed by atoms with E-state index in [0.717, 1.165) is 28.7 Å². The number of aryl methyl sites for hydroxylation is 1. The van der Waals surface area contributed by atoms with Crippen molar-refractivity contribution >= 4 is 31.6 Å². The third-order valence-corrected chi connectivity index (χ3v) is 5.71. The van der Waals surface area contributed by atoms with Crippen LogP contribution in [-0.2, 0) is 9.84 Å². The van der Waals surface area contributed by atoms with Crippen LogP contribution in [0.15, 0.2) is 16.7 Å². The van der Waals surface area contributed by atoms with Crippen molar-refractivity contribution < 1.29 is 8.42 Å². The molecule has 94 valence electrons. The molecule has 1 N–H and O–H groups in total. The minimum atomic E-state index is -2.88. The van der Waals surface area contributed by atoms with Crippen molar-refractivity contribution in [3.8, 4) is 0 Å². The number of aromatic nitrogens is 1. The van der Waals surface area contributed by atoms with Crippen molar-refractivity contribution in [2.75, 3.05) is 17.6 Å². The average molecular weight is 319 g/mol. The van der Waals surface area contributed by atoms with Gasteiger partial charge in [0.25, 0.3) is 0 Å². The fourth-order valence-electron chi connectivity index (χ4n) is 2.02. The van der Waals surface area contributed by atoms with Crippen molar-refractivity contribution in [3.63, 3.8) is 0 Å². The first-order chi connectivity index (χ1) is 7.99. The van der Waals surface area contributed by atoms with Crippen LogP contribution >= 0.6 is 15.9 Å². The largest absolute Gasteiger partial charge is 0.369 e. The molecular formula is C11H15BrN2O2S. The fraction of sp³-hybridized carbons (Fsp3) is 0.545. The van der Waals surface area contributed by atoms with Crippen molar-refractivity contribution in [2.24, 2.45) is 0 Å². The number of hydrogen-bond acceptors (Lipinski definition) is 4. The van der Waals surface area contributed by atoms with Crippen LogP contribution in [0.3, 0.4) is 0 Å². The molecule has 1 aromatic rings. The van der Waals surface area contributed by atoms with E-state index in [2.05, 4.69) is 26.2 Å². The van der Waals surface area contributed by atoms with E-state index in [1.807, 2.05) is 13.0 Å². The summed E-state index contributed by atoms with van der Waals surface area (Å²) in [5, 5.41) is 2.87. The SMILES string of the molecule is Cc1cc(Br)cnc1NCC1CCCS1(=O)=O. The van der Waals surface area contributed by atoms with Gasteiger partial charge in [0.1, 0.15) is 5.82 Å². The standard InChI is InChI=1S/C11H15BrN2O2S/c1-8-5-9(12)6-13-11(8)14-7-10-3-2-4-17(10,15)16/h5-6,10H,2-4,7H2,1H3,(H,13,14). The lowest BCUT2D eigenvalue weighted by Crippen LogP contribution is -2.25. The molecule has 1 fully saturated rings. The molecule has 0 bridgehead atoms. The van der Waals surface area contributed by atoms with E-state index in [1.54, 1.807) is 6.20 Å². The van der Waals surface area contributed by atoms with Crippen molar-refractivity contribution in [3.05, 3.63) is 22.3 Å². The highest BCUT2D eigenvalue weighted by atomic mass is 79.9. The lowest BCUT2D eigenvalue weighted by molar-refractivity contribution is 0.591. The van der Waals surface area contributed by atoms with Crippen LogP contribution in [0.25, 0.3) is 0 Å². The van der Waals surface area contributed by atoms with Gasteiger partial charge in [-0.15, -0.1) is 0 Å². The maximum atomic E-state index is 11.7. The first-order valence-corrected chi connectivity index (χ1v) is 8.07. The molecule has 1 aliphatic rings. The topological polar surface area (TPSA) is 59.1 Å². The van der Waals surface area contributed by atoms with Gasteiger partial charge < -0.3 is 5.32 Å². The normalized spacial score (nSPS) is 22.6. The molecule has 2 rings (SSSR count). The summed E-state index contributed by atoms with van der Waals surface area (Å²) in [7, 11) is -2.88. The van der Waals surface area contributed by atoms with Gasteiger partial charge in [-0.2, -0.15) is 0 Å². The first kappa shape index (κ1) is 12.8. The smallest absolute Gasteiger partial charge is 0.154 e. The Hall–Kier alpha value is -0.620. The summed E-state index contributed by atoms with van der Waals surface area (Å²) < 4.78 is 24.2. The number of hydrogen-bond donors (Lipinski definition) is 1. The average Bonchev–Trinajstić information content (AvgIpc) is 2.57. The van der Waals surface area contributed by atoms with Gasteiger partial charge in [0, 0.05) is 17.2 Å². The summed E-state index contributed by atoms with van der Waals surface area (Å²) in [6.45, 7) is 2.40. The summed E-state index contributed by atoms with van der Waals surface area (Å²) in [5.74, 6) is 1.09. The highest BCUT2D eigenvalue weighted by Gasteiger charge is 2.30. The van der Waals surface area contributed by atoms with Crippen LogP contribution < -0.4 is 5.32 Å². The molecular weight excluding hydrogens is 304 g/mol. The summed E-state index contributed by atoms with van der Waals surface area (Å²) in [6.07, 6.45) is 3.24. The highest BCUT2D eigenvalue weighted by Crippen LogP contribution is 2.22. The highest BCUT2D eigenvalue weighted by molar-refractivity contribution is 9.10. The van der Waals surface area contributed by atoms with E-state index in [9.17, 15) is 8.42 Å². The molecule has 0 aromatic carbocycles.